The van der Waals surface area contributed by atoms with Crippen molar-refractivity contribution in [2.45, 2.75) is 26.0 Å². The number of aryl methyl sites for hydroxylation is 1. The molecule has 0 spiro atoms. The van der Waals surface area contributed by atoms with E-state index in [4.69, 9.17) is 90.3 Å². The summed E-state index contributed by atoms with van der Waals surface area (Å²) in [4.78, 5) is 24.9. The number of aldehydes is 1. The number of phenolic OH excluding ortho intramolecular Hbond substituents is 2. The third-order valence-corrected chi connectivity index (χ3v) is 8.20. The van der Waals surface area contributed by atoms with Crippen molar-refractivity contribution in [3.63, 3.8) is 0 Å². The van der Waals surface area contributed by atoms with Crippen LogP contribution in [0.2, 0.25) is 0 Å². The molecular formula is C39H91Br2F9N12O3. The Kier molecular flexibility index (Phi) is 10.9. The number of halogens is 11. The molecule has 8 N–H and O–H groups in total. The van der Waals surface area contributed by atoms with Crippen LogP contribution >= 0.6 is 31.9 Å². The number of carbonyl (C=O) groups is 1. The van der Waals surface area contributed by atoms with Crippen molar-refractivity contribution < 1.29 is 132 Å². The summed E-state index contributed by atoms with van der Waals surface area (Å²) in [5.74, 6) is 4.31. The average molecular weight is 1210 g/mol. The number of hydrazone groups is 1. The van der Waals surface area contributed by atoms with Crippen LogP contribution in [0.1, 0.15) is 123 Å². The monoisotopic (exact) mass is 1210 g/mol. The number of hydrogen-bond donors (Lipinski definition) is 6. The second kappa shape index (κ2) is 25.6. The summed E-state index contributed by atoms with van der Waals surface area (Å²) in [5.41, 5.74) is 6.38. The molecule has 26 heteroatoms. The summed E-state index contributed by atoms with van der Waals surface area (Å²) in [6.45, 7) is 0. The standard InChI is InChI=1S/C15H10BrF3N4O.C8H9F3N4.C7H5BrO2.C7H3F3N2.CH6N2.CH4.27H2/c1-23-14(9-7-8(16)4-5-11(9)24)21-13(22-23)12-10(15(17,18)19)3-2-6-20-12;1-13-15-7(12)6-5(8(9,10)11)3-2-4-14-6;8-6-1-2-7(10)5(3-6)4-9;8-7(9,10)5-2-1-3-12-6(5)4-11;1-3-2;;;;;;;;;;;;;;;;;;;;;;;;;;;;/h2-7,24H,1H3;2-4,13H,1H3,(H2,12,15);1-4,10H;1-3H;3H,2H2,1H3;1H4;27*1H/i;;;;;;25*1+2T;2*1+2. The molecule has 402 valence electrons. The van der Waals surface area contributed by atoms with Crippen molar-refractivity contribution in [2.75, 3.05) is 14.1 Å². The second-order valence-electron chi connectivity index (χ2n) is 11.7. The summed E-state index contributed by atoms with van der Waals surface area (Å²) < 4.78 is 366. The van der Waals surface area contributed by atoms with Gasteiger partial charge in [0.25, 0.3) is 0 Å². The number of alkyl halides is 9. The fraction of sp³-hybridized carbons (Fsp3) is 0.179. The van der Waals surface area contributed by atoms with E-state index in [0.717, 1.165) is 34.9 Å². The van der Waals surface area contributed by atoms with Gasteiger partial charge in [-0.3, -0.25) is 26.0 Å². The number of nitriles is 1. The summed E-state index contributed by atoms with van der Waals surface area (Å²) in [5, 5.41) is 34.7. The number of nitrogens with one attached hydrogen (secondary N) is 2. The molecule has 0 aliphatic heterocycles. The second-order valence-corrected chi connectivity index (χ2v) is 13.5. The summed E-state index contributed by atoms with van der Waals surface area (Å²) in [6.07, 6.45) is -9.33. The molecule has 0 bridgehead atoms. The number of phenols is 2. The normalized spacial score (nSPS) is 14.0. The van der Waals surface area contributed by atoms with Gasteiger partial charge < -0.3 is 21.4 Å². The molecule has 65 heavy (non-hydrogen) atoms. The van der Waals surface area contributed by atoms with Gasteiger partial charge in [-0.1, -0.05) is 39.3 Å². The minimum absolute atomic E-state index is 0. The van der Waals surface area contributed by atoms with Crippen LogP contribution in [-0.4, -0.2) is 66.1 Å². The Balaban J connectivity index is -0.0000000313. The van der Waals surface area contributed by atoms with Crippen LogP contribution in [0.15, 0.2) is 105 Å². The van der Waals surface area contributed by atoms with E-state index in [0.29, 0.717) is 21.9 Å². The highest BCUT2D eigenvalue weighted by molar-refractivity contribution is 9.10. The van der Waals surface area contributed by atoms with Gasteiger partial charge in [-0.05, 0) is 79.8 Å². The van der Waals surface area contributed by atoms with Crippen LogP contribution in [0.5, 0.6) is 11.5 Å². The number of nitrogens with two attached hydrogens (primary N) is 2. The molecule has 4 heterocycles. The van der Waals surface area contributed by atoms with E-state index in [1.807, 2.05) is 0 Å². The van der Waals surface area contributed by atoms with Gasteiger partial charge in [0, 0.05) is 119 Å². The maximum atomic E-state index is 13.1. The number of amidine groups is 1. The molecular weight excluding hydrogens is 1020 g/mol. The smallest absolute Gasteiger partial charge is 0.419 e. The van der Waals surface area contributed by atoms with E-state index in [1.165, 1.54) is 61.5 Å². The summed E-state index contributed by atoms with van der Waals surface area (Å²) >= 11 is 6.45. The van der Waals surface area contributed by atoms with Gasteiger partial charge >= 0.3 is 18.5 Å². The Morgan fingerprint density at radius 2 is 1.32 bits per heavy atom. The predicted octanol–water partition coefficient (Wildman–Crippen LogP) is 15.3. The molecule has 0 aliphatic carbocycles. The van der Waals surface area contributed by atoms with Gasteiger partial charge in [0.1, 0.15) is 29.0 Å². The SMILES string of the molecule is C.CN/N=C(\N)c1ncccc1C(F)(F)F.CNN.Cn1nc(-c2ncccc2C(F)(F)F)nc1-c1cc(Br)ccc1O.N#Cc1ncccc1C(F)(F)F.O=Cc1cc(Br)ccc1O.[3HH].[3HH].[3H][3H].[3H][3H].[3H][3H].[3H][3H].[3H][3H].[3H][3H].[3H][3H].[3H][3H].[3H][3H].[3H][3H].[3H][3H].[3H][3H].[3H][3H].[3H][3H].[3H][3H].[3H][3H].[3H][3H].[3H][3H].[3H][3H].[3H][3H].[3H][3H].[3H][3H].[3H][3H].[3H][3H].[3H][3H]. The number of carbonyl (C=O) groups excluding carboxylic acids is 1. The highest BCUT2D eigenvalue weighted by atomic mass is 79.9. The number of hydrazine groups is 1. The van der Waals surface area contributed by atoms with Gasteiger partial charge in [0.05, 0.1) is 27.8 Å². The lowest BCUT2D eigenvalue weighted by Gasteiger charge is -2.10. The fourth-order valence-corrected chi connectivity index (χ4v) is 5.31. The molecule has 0 atom stereocenters. The number of aromatic hydroxyl groups is 2. The first-order valence-corrected chi connectivity index (χ1v) is 18.7. The van der Waals surface area contributed by atoms with Crippen molar-refractivity contribution in [1.29, 1.82) is 5.26 Å². The first-order chi connectivity index (χ1) is 54.9. The first-order valence-electron chi connectivity index (χ1n) is 42.1. The van der Waals surface area contributed by atoms with Gasteiger partial charge in [-0.2, -0.15) is 49.9 Å². The van der Waals surface area contributed by atoms with Gasteiger partial charge in [-0.15, -0.1) is 5.10 Å². The highest BCUT2D eigenvalue weighted by Gasteiger charge is 2.37. The quantitative estimate of drug-likeness (QED) is 0.0235. The molecule has 0 aliphatic rings. The number of aromatic nitrogens is 6. The number of pyridine rings is 3. The van der Waals surface area contributed by atoms with Crippen LogP contribution in [0.3, 0.4) is 0 Å². The van der Waals surface area contributed by atoms with Crippen LogP contribution < -0.4 is 22.4 Å². The molecule has 4 aromatic heterocycles. The number of rotatable bonds is 5. The molecule has 6 rings (SSSR count). The molecule has 6 aromatic rings. The van der Waals surface area contributed by atoms with E-state index in [-0.39, 0.29) is 50.7 Å². The van der Waals surface area contributed by atoms with Gasteiger partial charge in [0.2, 0.25) is 5.82 Å². The van der Waals surface area contributed by atoms with Gasteiger partial charge in [0.15, 0.2) is 23.6 Å². The van der Waals surface area contributed by atoms with E-state index >= 15 is 0 Å². The van der Waals surface area contributed by atoms with Gasteiger partial charge in [-0.25, -0.2) is 14.6 Å². The number of hydrogen-bond acceptors (Lipinski definition) is 13. The lowest BCUT2D eigenvalue weighted by Crippen LogP contribution is -2.23. The van der Waals surface area contributed by atoms with E-state index < -0.39 is 40.9 Å². The Labute approximate surface area is 461 Å². The molecule has 0 unspecified atom stereocenters. The predicted molar refractivity (Wildman–Crippen MR) is 285 cm³/mol. The zero-order valence-corrected chi connectivity index (χ0v) is 36.1. The number of nitrogens with zero attached hydrogens (tertiary/aromatic N) is 8. The minimum atomic E-state index is -4.57. The van der Waals surface area contributed by atoms with E-state index in [2.05, 4.69) is 78.7 Å². The van der Waals surface area contributed by atoms with Crippen molar-refractivity contribution in [1.82, 2.24) is 40.6 Å². The zero-order valence-electron chi connectivity index (χ0n) is 82.9. The third-order valence-electron chi connectivity index (χ3n) is 7.21. The van der Waals surface area contributed by atoms with Crippen molar-refractivity contribution >= 4 is 44.0 Å². The molecule has 0 saturated heterocycles. The minimum Gasteiger partial charge on any atom is -0.507 e. The fourth-order valence-electron chi connectivity index (χ4n) is 4.57. The topological polar surface area (TPSA) is 239 Å². The molecule has 0 radical (unpaired) electrons. The van der Waals surface area contributed by atoms with Crippen LogP contribution in [0, 0.1) is 11.3 Å². The molecule has 2 aromatic carbocycles. The molecule has 0 amide bonds. The highest BCUT2D eigenvalue weighted by Crippen LogP contribution is 2.37. The largest absolute Gasteiger partial charge is 0.507 e. The van der Waals surface area contributed by atoms with Crippen molar-refractivity contribution in [2.24, 2.45) is 23.7 Å². The molecule has 0 fully saturated rings. The lowest BCUT2D eigenvalue weighted by atomic mass is 10.1. The Hall–Kier alpha value is -6.69. The van der Waals surface area contributed by atoms with E-state index in [1.54, 1.807) is 31.3 Å². The Morgan fingerprint density at radius 3 is 1.82 bits per heavy atom. The summed E-state index contributed by atoms with van der Waals surface area (Å²) in [7, 11) is 4.62. The van der Waals surface area contributed by atoms with Crippen molar-refractivity contribution in [3.8, 4) is 40.5 Å². The van der Waals surface area contributed by atoms with Crippen LogP contribution in [0.25, 0.3) is 22.9 Å². The van der Waals surface area contributed by atoms with Crippen LogP contribution in [0.4, 0.5) is 39.5 Å². The molecule has 0 saturated carbocycles. The Bertz CT molecular complexity index is 2660. The molecule has 15 nitrogen and oxygen atoms in total. The maximum absolute atomic E-state index is 13.1. The maximum Gasteiger partial charge on any atom is 0.419 e. The first kappa shape index (κ1) is 27.6. The zero-order chi connectivity index (χ0) is 98.4. The third kappa shape index (κ3) is 17.1. The van der Waals surface area contributed by atoms with E-state index in [9.17, 15) is 49.4 Å². The Morgan fingerprint density at radius 1 is 0.831 bits per heavy atom. The lowest BCUT2D eigenvalue weighted by molar-refractivity contribution is -0.138. The number of benzene rings is 2. The summed E-state index contributed by atoms with van der Waals surface area (Å²) in [6, 6.07) is 17.0. The average Bonchev–Trinajstić information content (AvgIpc) is 1.67. The van der Waals surface area contributed by atoms with Crippen LogP contribution in [-0.2, 0) is 25.6 Å². The van der Waals surface area contributed by atoms with Crippen molar-refractivity contribution in [3.05, 3.63) is 134 Å².